The molecule has 79 valence electrons. The van der Waals surface area contributed by atoms with Crippen molar-refractivity contribution in [1.82, 2.24) is 0 Å². The van der Waals surface area contributed by atoms with Gasteiger partial charge in [-0.3, -0.25) is 0 Å². The highest BCUT2D eigenvalue weighted by Crippen LogP contribution is 2.27. The van der Waals surface area contributed by atoms with Gasteiger partial charge < -0.3 is 4.74 Å². The molecule has 0 saturated heterocycles. The highest BCUT2D eigenvalue weighted by atomic mass is 28.3. The van der Waals surface area contributed by atoms with Crippen LogP contribution < -0.4 is 0 Å². The zero-order chi connectivity index (χ0) is 10.9. The fourth-order valence-corrected chi connectivity index (χ4v) is 5.29. The highest BCUT2D eigenvalue weighted by Gasteiger charge is 2.28. The Labute approximate surface area is 89.2 Å². The van der Waals surface area contributed by atoms with Crippen LogP contribution in [0.25, 0.3) is 0 Å². The van der Waals surface area contributed by atoms with Crippen molar-refractivity contribution in [2.75, 3.05) is 6.61 Å². The summed E-state index contributed by atoms with van der Waals surface area (Å²) in [5.74, 6) is 0. The maximum atomic E-state index is 4.92. The molecule has 0 rings (SSSR count). The first-order valence-electron chi connectivity index (χ1n) is 4.94. The molecule has 0 heterocycles. The van der Waals surface area contributed by atoms with Gasteiger partial charge in [-0.05, 0) is 24.2 Å². The molecule has 1 nitrogen and oxygen atoms in total. The van der Waals surface area contributed by atoms with Gasteiger partial charge in [-0.1, -0.05) is 18.2 Å². The maximum absolute atomic E-state index is 4.92. The molecule has 0 aliphatic heterocycles. The SMILES string of the molecule is [CH2]OCC[Si](CC=C)(CC=C)CC=C. The molecule has 0 atom stereocenters. The van der Waals surface area contributed by atoms with Gasteiger partial charge in [0, 0.05) is 6.61 Å². The molecule has 0 aliphatic carbocycles. The topological polar surface area (TPSA) is 9.23 Å². The Morgan fingerprint density at radius 1 is 0.929 bits per heavy atom. The first kappa shape index (κ1) is 13.4. The standard InChI is InChI=1S/C12H21OSi/c1-5-9-14(10-6-2,11-7-3)12-8-13-4/h5-7H,1-4,8-12H2. The van der Waals surface area contributed by atoms with Crippen LogP contribution in [0.2, 0.25) is 24.2 Å². The normalized spacial score (nSPS) is 10.9. The van der Waals surface area contributed by atoms with Crippen LogP contribution in [0.4, 0.5) is 0 Å². The average Bonchev–Trinajstić information content (AvgIpc) is 2.16. The summed E-state index contributed by atoms with van der Waals surface area (Å²) in [4.78, 5) is 0. The molecule has 0 aromatic rings. The molecular weight excluding hydrogens is 188 g/mol. The molecule has 1 radical (unpaired) electrons. The van der Waals surface area contributed by atoms with E-state index in [0.717, 1.165) is 30.8 Å². The predicted molar refractivity (Wildman–Crippen MR) is 66.9 cm³/mol. The van der Waals surface area contributed by atoms with E-state index in [-0.39, 0.29) is 0 Å². The number of allylic oxidation sites excluding steroid dienone is 3. The summed E-state index contributed by atoms with van der Waals surface area (Å²) in [6, 6.07) is 4.43. The van der Waals surface area contributed by atoms with Crippen LogP contribution in [-0.4, -0.2) is 14.7 Å². The van der Waals surface area contributed by atoms with E-state index in [9.17, 15) is 0 Å². The molecule has 0 unspecified atom stereocenters. The first-order valence-corrected chi connectivity index (χ1v) is 7.77. The van der Waals surface area contributed by atoms with Crippen LogP contribution >= 0.6 is 0 Å². The van der Waals surface area contributed by atoms with E-state index < -0.39 is 8.07 Å². The first-order chi connectivity index (χ1) is 6.74. The third-order valence-corrected chi connectivity index (χ3v) is 7.24. The molecule has 0 saturated carbocycles. The van der Waals surface area contributed by atoms with Crippen LogP contribution in [0.3, 0.4) is 0 Å². The van der Waals surface area contributed by atoms with E-state index in [1.807, 2.05) is 18.2 Å². The summed E-state index contributed by atoms with van der Waals surface area (Å²) < 4.78 is 4.92. The second kappa shape index (κ2) is 7.77. The van der Waals surface area contributed by atoms with Gasteiger partial charge in [-0.25, -0.2) is 0 Å². The largest absolute Gasteiger partial charge is 0.379 e. The Bertz CT molecular complexity index is 160. The Morgan fingerprint density at radius 2 is 1.36 bits per heavy atom. The van der Waals surface area contributed by atoms with Crippen molar-refractivity contribution < 1.29 is 4.74 Å². The molecule has 0 aromatic heterocycles. The Kier molecular flexibility index (Phi) is 7.43. The minimum absolute atomic E-state index is 0.738. The van der Waals surface area contributed by atoms with Crippen LogP contribution in [0, 0.1) is 7.11 Å². The van der Waals surface area contributed by atoms with Crippen LogP contribution in [0.5, 0.6) is 0 Å². The van der Waals surface area contributed by atoms with Crippen molar-refractivity contribution in [3.63, 3.8) is 0 Å². The van der Waals surface area contributed by atoms with E-state index in [0.29, 0.717) is 0 Å². The lowest BCUT2D eigenvalue weighted by atomic mass is 10.7. The van der Waals surface area contributed by atoms with E-state index in [1.165, 1.54) is 0 Å². The number of hydrogen-bond acceptors (Lipinski definition) is 1. The van der Waals surface area contributed by atoms with Crippen LogP contribution in [0.15, 0.2) is 38.0 Å². The zero-order valence-corrected chi connectivity index (χ0v) is 10.0. The van der Waals surface area contributed by atoms with E-state index in [4.69, 9.17) is 4.74 Å². The van der Waals surface area contributed by atoms with Crippen LogP contribution in [0.1, 0.15) is 0 Å². The fraction of sp³-hybridized carbons (Fsp3) is 0.417. The van der Waals surface area contributed by atoms with Crippen LogP contribution in [-0.2, 0) is 4.74 Å². The van der Waals surface area contributed by atoms with E-state index in [2.05, 4.69) is 26.8 Å². The van der Waals surface area contributed by atoms with Crippen molar-refractivity contribution >= 4 is 8.07 Å². The van der Waals surface area contributed by atoms with Crippen molar-refractivity contribution in [3.05, 3.63) is 45.1 Å². The van der Waals surface area contributed by atoms with Crippen molar-refractivity contribution in [3.8, 4) is 0 Å². The van der Waals surface area contributed by atoms with Gasteiger partial charge in [0.1, 0.15) is 0 Å². The molecule has 0 aliphatic rings. The Morgan fingerprint density at radius 3 is 1.64 bits per heavy atom. The highest BCUT2D eigenvalue weighted by molar-refractivity contribution is 6.81. The van der Waals surface area contributed by atoms with Gasteiger partial charge in [0.2, 0.25) is 0 Å². The van der Waals surface area contributed by atoms with Gasteiger partial charge in [-0.2, -0.15) is 0 Å². The summed E-state index contributed by atoms with van der Waals surface area (Å²) in [5.41, 5.74) is 0. The molecule has 0 aromatic carbocycles. The molecule has 0 spiro atoms. The Balaban J connectivity index is 4.43. The number of hydrogen-bond donors (Lipinski definition) is 0. The predicted octanol–water partition coefficient (Wildman–Crippen LogP) is 3.80. The fourth-order valence-electron chi connectivity index (χ4n) is 1.76. The van der Waals surface area contributed by atoms with Crippen molar-refractivity contribution in [1.29, 1.82) is 0 Å². The summed E-state index contributed by atoms with van der Waals surface area (Å²) in [7, 11) is 2.08. The van der Waals surface area contributed by atoms with Gasteiger partial charge in [0.05, 0.1) is 15.2 Å². The minimum Gasteiger partial charge on any atom is -0.379 e. The number of ether oxygens (including phenoxy) is 1. The third-order valence-electron chi connectivity index (χ3n) is 2.51. The molecular formula is C12H21OSi. The molecule has 0 amide bonds. The monoisotopic (exact) mass is 209 g/mol. The third kappa shape index (κ3) is 4.58. The lowest BCUT2D eigenvalue weighted by Crippen LogP contribution is -2.33. The van der Waals surface area contributed by atoms with Gasteiger partial charge in [-0.15, -0.1) is 19.7 Å². The smallest absolute Gasteiger partial charge is 0.0700 e. The van der Waals surface area contributed by atoms with Crippen molar-refractivity contribution in [2.45, 2.75) is 24.2 Å². The quantitative estimate of drug-likeness (QED) is 0.414. The molecule has 14 heavy (non-hydrogen) atoms. The zero-order valence-electron chi connectivity index (χ0n) is 9.00. The van der Waals surface area contributed by atoms with E-state index in [1.54, 1.807) is 0 Å². The number of rotatable bonds is 9. The summed E-state index contributed by atoms with van der Waals surface area (Å²) in [6.07, 6.45) is 6.05. The van der Waals surface area contributed by atoms with Gasteiger partial charge in [0.25, 0.3) is 0 Å². The second-order valence-corrected chi connectivity index (χ2v) is 8.36. The summed E-state index contributed by atoms with van der Waals surface area (Å²) >= 11 is 0. The maximum Gasteiger partial charge on any atom is 0.0700 e. The van der Waals surface area contributed by atoms with E-state index >= 15 is 0 Å². The lowest BCUT2D eigenvalue weighted by molar-refractivity contribution is 0.259. The minimum atomic E-state index is -1.34. The van der Waals surface area contributed by atoms with Gasteiger partial charge >= 0.3 is 0 Å². The molecule has 0 bridgehead atoms. The summed E-state index contributed by atoms with van der Waals surface area (Å²) in [5, 5.41) is 0. The molecule has 0 N–H and O–H groups in total. The average molecular weight is 209 g/mol. The second-order valence-electron chi connectivity index (χ2n) is 3.64. The van der Waals surface area contributed by atoms with Crippen molar-refractivity contribution in [2.24, 2.45) is 0 Å². The summed E-state index contributed by atoms with van der Waals surface area (Å²) in [6.45, 7) is 12.2. The lowest BCUT2D eigenvalue weighted by Gasteiger charge is -2.28. The molecule has 0 fully saturated rings. The van der Waals surface area contributed by atoms with Gasteiger partial charge in [0.15, 0.2) is 0 Å². The Hall–Kier alpha value is -0.603. The molecule has 2 heteroatoms.